The van der Waals surface area contributed by atoms with Gasteiger partial charge in [0.1, 0.15) is 13.2 Å². The van der Waals surface area contributed by atoms with Crippen LogP contribution in [0, 0.1) is 10.1 Å². The Labute approximate surface area is 202 Å². The first-order valence-electron chi connectivity index (χ1n) is 11.0. The standard InChI is InChI=1S/C23H29N3O9/c1-5-32-10-11-34-21(27)18-14(3)25-17(13-35-23(29)24-4)20(22(28)33-6-2)19(18)15-8-7-9-16(12-15)26(30)31/h7-9,12,19,25H,5-6,10-11,13H2,1-4H3,(H,24,29). The van der Waals surface area contributed by atoms with Crippen molar-refractivity contribution in [1.82, 2.24) is 10.6 Å². The van der Waals surface area contributed by atoms with Crippen LogP contribution >= 0.6 is 0 Å². The molecule has 1 aliphatic heterocycles. The Hall–Kier alpha value is -3.93. The van der Waals surface area contributed by atoms with Crippen LogP contribution in [0.5, 0.6) is 0 Å². The summed E-state index contributed by atoms with van der Waals surface area (Å²) in [6, 6.07) is 5.57. The number of nitro groups is 1. The number of amides is 1. The second-order valence-electron chi connectivity index (χ2n) is 7.22. The molecule has 1 amide bonds. The number of nitrogens with zero attached hydrogens (tertiary/aromatic N) is 1. The van der Waals surface area contributed by atoms with Crippen molar-refractivity contribution in [1.29, 1.82) is 0 Å². The molecule has 0 aliphatic carbocycles. The highest BCUT2D eigenvalue weighted by molar-refractivity contribution is 6.00. The van der Waals surface area contributed by atoms with Gasteiger partial charge in [0.2, 0.25) is 0 Å². The summed E-state index contributed by atoms with van der Waals surface area (Å²) in [5.74, 6) is -2.60. The predicted molar refractivity (Wildman–Crippen MR) is 123 cm³/mol. The topological polar surface area (TPSA) is 155 Å². The Morgan fingerprint density at radius 1 is 1.06 bits per heavy atom. The second kappa shape index (κ2) is 13.1. The lowest BCUT2D eigenvalue weighted by atomic mass is 9.80. The number of hydrogen-bond donors (Lipinski definition) is 2. The highest BCUT2D eigenvalue weighted by atomic mass is 16.6. The van der Waals surface area contributed by atoms with Crippen molar-refractivity contribution in [3.63, 3.8) is 0 Å². The van der Waals surface area contributed by atoms with Gasteiger partial charge in [0.05, 0.1) is 40.9 Å². The molecule has 12 nitrogen and oxygen atoms in total. The molecule has 2 N–H and O–H groups in total. The maximum absolute atomic E-state index is 13.1. The van der Waals surface area contributed by atoms with Crippen LogP contribution in [0.15, 0.2) is 46.8 Å². The molecule has 0 spiro atoms. The molecule has 1 atom stereocenters. The molecule has 0 bridgehead atoms. The summed E-state index contributed by atoms with van der Waals surface area (Å²) in [4.78, 5) is 48.8. The van der Waals surface area contributed by atoms with Crippen molar-refractivity contribution in [3.05, 3.63) is 62.5 Å². The van der Waals surface area contributed by atoms with E-state index in [-0.39, 0.29) is 54.5 Å². The molecule has 0 radical (unpaired) electrons. The van der Waals surface area contributed by atoms with E-state index in [4.69, 9.17) is 18.9 Å². The van der Waals surface area contributed by atoms with Crippen molar-refractivity contribution in [2.75, 3.05) is 40.1 Å². The van der Waals surface area contributed by atoms with E-state index in [1.54, 1.807) is 26.8 Å². The van der Waals surface area contributed by atoms with Gasteiger partial charge in [0.25, 0.3) is 5.69 Å². The molecule has 0 saturated carbocycles. The summed E-state index contributed by atoms with van der Waals surface area (Å²) < 4.78 is 20.9. The Bertz CT molecular complexity index is 1030. The first kappa shape index (κ1) is 27.3. The molecule has 0 aromatic heterocycles. The number of carbonyl (C=O) groups is 3. The normalized spacial score (nSPS) is 15.3. The Kier molecular flexibility index (Phi) is 10.2. The molecular weight excluding hydrogens is 462 g/mol. The first-order valence-corrected chi connectivity index (χ1v) is 11.0. The summed E-state index contributed by atoms with van der Waals surface area (Å²) in [6.45, 7) is 5.28. The lowest BCUT2D eigenvalue weighted by Gasteiger charge is -2.31. The van der Waals surface area contributed by atoms with Gasteiger partial charge in [-0.05, 0) is 26.3 Å². The second-order valence-corrected chi connectivity index (χ2v) is 7.22. The first-order chi connectivity index (χ1) is 16.7. The molecular formula is C23H29N3O9. The van der Waals surface area contributed by atoms with Crippen LogP contribution < -0.4 is 10.6 Å². The average Bonchev–Trinajstić information content (AvgIpc) is 2.84. The fraction of sp³-hybridized carbons (Fsp3) is 0.435. The maximum atomic E-state index is 13.1. The average molecular weight is 491 g/mol. The van der Waals surface area contributed by atoms with Gasteiger partial charge in [-0.1, -0.05) is 12.1 Å². The van der Waals surface area contributed by atoms with E-state index in [1.165, 1.54) is 25.2 Å². The number of nitrogens with one attached hydrogen (secondary N) is 2. The summed E-state index contributed by atoms with van der Waals surface area (Å²) in [5.41, 5.74) is 0.595. The molecule has 35 heavy (non-hydrogen) atoms. The fourth-order valence-electron chi connectivity index (χ4n) is 3.51. The zero-order chi connectivity index (χ0) is 26.0. The van der Waals surface area contributed by atoms with Crippen molar-refractivity contribution >= 4 is 23.7 Å². The molecule has 1 aromatic carbocycles. The minimum atomic E-state index is -1.09. The lowest BCUT2D eigenvalue weighted by Crippen LogP contribution is -2.36. The minimum absolute atomic E-state index is 0.0291. The van der Waals surface area contributed by atoms with E-state index in [2.05, 4.69) is 10.6 Å². The van der Waals surface area contributed by atoms with Crippen LogP contribution in [0.4, 0.5) is 10.5 Å². The third-order valence-electron chi connectivity index (χ3n) is 4.99. The highest BCUT2D eigenvalue weighted by Gasteiger charge is 2.39. The lowest BCUT2D eigenvalue weighted by molar-refractivity contribution is -0.384. The SMILES string of the molecule is CCOCCOC(=O)C1=C(C)NC(COC(=O)NC)=C(C(=O)OCC)C1c1cccc([N+](=O)[O-])c1. The van der Waals surface area contributed by atoms with E-state index in [9.17, 15) is 24.5 Å². The van der Waals surface area contributed by atoms with Crippen LogP contribution in [0.1, 0.15) is 32.3 Å². The number of rotatable bonds is 11. The zero-order valence-corrected chi connectivity index (χ0v) is 20.0. The van der Waals surface area contributed by atoms with Crippen molar-refractivity contribution in [2.24, 2.45) is 0 Å². The fourth-order valence-corrected chi connectivity index (χ4v) is 3.51. The van der Waals surface area contributed by atoms with E-state index >= 15 is 0 Å². The van der Waals surface area contributed by atoms with E-state index < -0.39 is 28.9 Å². The van der Waals surface area contributed by atoms with Crippen molar-refractivity contribution < 1.29 is 38.3 Å². The van der Waals surface area contributed by atoms with E-state index in [0.717, 1.165) is 0 Å². The summed E-state index contributed by atoms with van der Waals surface area (Å²) in [7, 11) is 1.38. The molecule has 1 unspecified atom stereocenters. The number of nitro benzene ring substituents is 1. The Morgan fingerprint density at radius 2 is 1.77 bits per heavy atom. The largest absolute Gasteiger partial charge is 0.463 e. The number of non-ortho nitro benzene ring substituents is 1. The molecule has 1 aromatic rings. The van der Waals surface area contributed by atoms with Gasteiger partial charge in [-0.2, -0.15) is 0 Å². The number of ether oxygens (including phenoxy) is 4. The predicted octanol–water partition coefficient (Wildman–Crippen LogP) is 2.31. The summed E-state index contributed by atoms with van der Waals surface area (Å²) in [6.07, 6.45) is -0.739. The van der Waals surface area contributed by atoms with Crippen LogP contribution in [-0.2, 0) is 28.5 Å². The van der Waals surface area contributed by atoms with Gasteiger partial charge in [-0.25, -0.2) is 14.4 Å². The molecule has 190 valence electrons. The third kappa shape index (κ3) is 7.03. The van der Waals surface area contributed by atoms with Crippen LogP contribution in [0.3, 0.4) is 0 Å². The summed E-state index contributed by atoms with van der Waals surface area (Å²) in [5, 5.41) is 16.7. The van der Waals surface area contributed by atoms with Gasteiger partial charge in [0, 0.05) is 31.5 Å². The highest BCUT2D eigenvalue weighted by Crippen LogP contribution is 2.40. The molecule has 0 fully saturated rings. The number of carbonyl (C=O) groups excluding carboxylic acids is 3. The van der Waals surface area contributed by atoms with E-state index in [1.807, 2.05) is 0 Å². The number of benzene rings is 1. The van der Waals surface area contributed by atoms with Crippen LogP contribution in [-0.4, -0.2) is 63.0 Å². The third-order valence-corrected chi connectivity index (χ3v) is 4.99. The van der Waals surface area contributed by atoms with Gasteiger partial charge in [-0.3, -0.25) is 10.1 Å². The number of allylic oxidation sites excluding steroid dienone is 1. The van der Waals surface area contributed by atoms with E-state index in [0.29, 0.717) is 12.3 Å². The maximum Gasteiger partial charge on any atom is 0.407 e. The monoisotopic (exact) mass is 491 g/mol. The zero-order valence-electron chi connectivity index (χ0n) is 20.0. The smallest absolute Gasteiger partial charge is 0.407 e. The number of hydrogen-bond acceptors (Lipinski definition) is 10. The van der Waals surface area contributed by atoms with Gasteiger partial charge < -0.3 is 29.6 Å². The van der Waals surface area contributed by atoms with Gasteiger partial charge in [0.15, 0.2) is 0 Å². The Morgan fingerprint density at radius 3 is 2.40 bits per heavy atom. The number of dihydropyridines is 1. The van der Waals surface area contributed by atoms with Gasteiger partial charge >= 0.3 is 18.0 Å². The number of esters is 2. The number of alkyl carbamates (subject to hydrolysis) is 1. The molecule has 1 aliphatic rings. The molecule has 0 saturated heterocycles. The molecule has 12 heteroatoms. The van der Waals surface area contributed by atoms with Crippen molar-refractivity contribution in [3.8, 4) is 0 Å². The van der Waals surface area contributed by atoms with Crippen LogP contribution in [0.2, 0.25) is 0 Å². The van der Waals surface area contributed by atoms with Gasteiger partial charge in [-0.15, -0.1) is 0 Å². The minimum Gasteiger partial charge on any atom is -0.463 e. The molecule has 1 heterocycles. The summed E-state index contributed by atoms with van der Waals surface area (Å²) >= 11 is 0. The quantitative estimate of drug-likeness (QED) is 0.155. The Balaban J connectivity index is 2.64. The molecule has 2 rings (SSSR count). The van der Waals surface area contributed by atoms with Crippen LogP contribution in [0.25, 0.3) is 0 Å². The van der Waals surface area contributed by atoms with Crippen molar-refractivity contribution in [2.45, 2.75) is 26.7 Å².